The van der Waals surface area contributed by atoms with Crippen molar-refractivity contribution in [3.63, 3.8) is 0 Å². The lowest BCUT2D eigenvalue weighted by molar-refractivity contribution is 0.164. The van der Waals surface area contributed by atoms with E-state index in [1.54, 1.807) is 12.1 Å². The number of hydrogen-bond acceptors (Lipinski definition) is 4. The van der Waals surface area contributed by atoms with E-state index in [9.17, 15) is 5.11 Å². The van der Waals surface area contributed by atoms with Crippen LogP contribution in [0, 0.1) is 0 Å². The molecule has 0 saturated heterocycles. The van der Waals surface area contributed by atoms with E-state index in [0.29, 0.717) is 31.1 Å². The Bertz CT molecular complexity index is 517. The first-order chi connectivity index (χ1) is 9.79. The van der Waals surface area contributed by atoms with Crippen LogP contribution < -0.4 is 10.5 Å². The SMILES string of the molecule is NCC[C@@H](O)c1cccc(OCCc2ccccc2)n1. The minimum absolute atomic E-state index is 0.432. The van der Waals surface area contributed by atoms with E-state index in [0.717, 1.165) is 6.42 Å². The zero-order valence-corrected chi connectivity index (χ0v) is 11.4. The topological polar surface area (TPSA) is 68.4 Å². The van der Waals surface area contributed by atoms with Gasteiger partial charge in [-0.15, -0.1) is 0 Å². The first-order valence-corrected chi connectivity index (χ1v) is 6.81. The summed E-state index contributed by atoms with van der Waals surface area (Å²) >= 11 is 0. The third-order valence-corrected chi connectivity index (χ3v) is 3.01. The maximum atomic E-state index is 9.85. The van der Waals surface area contributed by atoms with Crippen LogP contribution >= 0.6 is 0 Å². The van der Waals surface area contributed by atoms with Gasteiger partial charge < -0.3 is 15.6 Å². The van der Waals surface area contributed by atoms with Crippen LogP contribution in [0.2, 0.25) is 0 Å². The summed E-state index contributed by atoms with van der Waals surface area (Å²) in [6.07, 6.45) is 0.705. The monoisotopic (exact) mass is 272 g/mol. The molecule has 1 atom stereocenters. The van der Waals surface area contributed by atoms with Crippen LogP contribution in [-0.2, 0) is 6.42 Å². The lowest BCUT2D eigenvalue weighted by Crippen LogP contribution is -2.09. The van der Waals surface area contributed by atoms with Gasteiger partial charge in [-0.25, -0.2) is 4.98 Å². The molecule has 0 bridgehead atoms. The molecule has 3 N–H and O–H groups in total. The molecule has 106 valence electrons. The average molecular weight is 272 g/mol. The molecule has 4 nitrogen and oxygen atoms in total. The number of aromatic nitrogens is 1. The van der Waals surface area contributed by atoms with E-state index in [1.165, 1.54) is 5.56 Å². The van der Waals surface area contributed by atoms with Gasteiger partial charge in [0, 0.05) is 12.5 Å². The molecule has 20 heavy (non-hydrogen) atoms. The summed E-state index contributed by atoms with van der Waals surface area (Å²) < 4.78 is 5.63. The average Bonchev–Trinajstić information content (AvgIpc) is 2.49. The molecule has 0 aliphatic carbocycles. The van der Waals surface area contributed by atoms with E-state index in [1.807, 2.05) is 24.3 Å². The Labute approximate surface area is 119 Å². The fraction of sp³-hybridized carbons (Fsp3) is 0.312. The second-order valence-corrected chi connectivity index (χ2v) is 4.58. The van der Waals surface area contributed by atoms with Gasteiger partial charge in [-0.3, -0.25) is 0 Å². The standard InChI is InChI=1S/C16H20N2O2/c17-11-9-15(19)14-7-4-8-16(18-14)20-12-10-13-5-2-1-3-6-13/h1-8,15,19H,9-12,17H2/t15-/m1/s1. The highest BCUT2D eigenvalue weighted by atomic mass is 16.5. The highest BCUT2D eigenvalue weighted by Gasteiger charge is 2.08. The molecular weight excluding hydrogens is 252 g/mol. The van der Waals surface area contributed by atoms with E-state index in [4.69, 9.17) is 10.5 Å². The molecule has 2 rings (SSSR count). The van der Waals surface area contributed by atoms with Crippen LogP contribution in [0.4, 0.5) is 0 Å². The molecule has 0 amide bonds. The predicted molar refractivity (Wildman–Crippen MR) is 78.5 cm³/mol. The van der Waals surface area contributed by atoms with Gasteiger partial charge in [0.1, 0.15) is 0 Å². The summed E-state index contributed by atoms with van der Waals surface area (Å²) in [5.41, 5.74) is 7.26. The maximum Gasteiger partial charge on any atom is 0.213 e. The van der Waals surface area contributed by atoms with E-state index < -0.39 is 6.10 Å². The van der Waals surface area contributed by atoms with Crippen molar-refractivity contribution in [2.24, 2.45) is 5.73 Å². The summed E-state index contributed by atoms with van der Waals surface area (Å²) in [6, 6.07) is 15.6. The Balaban J connectivity index is 1.88. The molecule has 1 aromatic carbocycles. The van der Waals surface area contributed by atoms with Crippen LogP contribution in [0.5, 0.6) is 5.88 Å². The second kappa shape index (κ2) is 7.62. The van der Waals surface area contributed by atoms with E-state index in [-0.39, 0.29) is 0 Å². The Morgan fingerprint density at radius 2 is 1.90 bits per heavy atom. The van der Waals surface area contributed by atoms with Gasteiger partial charge in [0.15, 0.2) is 0 Å². The molecule has 0 aliphatic rings. The summed E-state index contributed by atoms with van der Waals surface area (Å²) in [6.45, 7) is 0.995. The maximum absolute atomic E-state index is 9.85. The minimum atomic E-state index is -0.627. The molecule has 0 saturated carbocycles. The van der Waals surface area contributed by atoms with Gasteiger partial charge >= 0.3 is 0 Å². The number of aliphatic hydroxyl groups is 1. The van der Waals surface area contributed by atoms with Crippen molar-refractivity contribution < 1.29 is 9.84 Å². The van der Waals surface area contributed by atoms with Crippen LogP contribution in [0.1, 0.15) is 23.8 Å². The molecule has 4 heteroatoms. The number of aliphatic hydroxyl groups excluding tert-OH is 1. The first kappa shape index (κ1) is 14.5. The zero-order valence-electron chi connectivity index (χ0n) is 11.4. The third kappa shape index (κ3) is 4.33. The molecule has 1 aromatic heterocycles. The molecule has 1 heterocycles. The normalized spacial score (nSPS) is 12.1. The molecular formula is C16H20N2O2. The highest BCUT2D eigenvalue weighted by molar-refractivity contribution is 5.18. The molecule has 0 fully saturated rings. The Hall–Kier alpha value is -1.91. The summed E-state index contributed by atoms with van der Waals surface area (Å²) in [5.74, 6) is 0.537. The number of nitrogens with zero attached hydrogens (tertiary/aromatic N) is 1. The van der Waals surface area contributed by atoms with Crippen molar-refractivity contribution >= 4 is 0 Å². The lowest BCUT2D eigenvalue weighted by Gasteiger charge is -2.11. The number of nitrogens with two attached hydrogens (primary N) is 1. The zero-order chi connectivity index (χ0) is 14.2. The quantitative estimate of drug-likeness (QED) is 0.809. The third-order valence-electron chi connectivity index (χ3n) is 3.01. The molecule has 0 radical (unpaired) electrons. The molecule has 2 aromatic rings. The van der Waals surface area contributed by atoms with Gasteiger partial charge in [0.25, 0.3) is 0 Å². The molecule has 0 aliphatic heterocycles. The van der Waals surface area contributed by atoms with Crippen LogP contribution in [0.3, 0.4) is 0 Å². The van der Waals surface area contributed by atoms with Crippen molar-refractivity contribution in [1.29, 1.82) is 0 Å². The Kier molecular flexibility index (Phi) is 5.53. The van der Waals surface area contributed by atoms with Gasteiger partial charge in [-0.05, 0) is 24.6 Å². The van der Waals surface area contributed by atoms with Crippen molar-refractivity contribution in [3.8, 4) is 5.88 Å². The van der Waals surface area contributed by atoms with Crippen molar-refractivity contribution in [2.45, 2.75) is 18.9 Å². The van der Waals surface area contributed by atoms with Crippen LogP contribution in [-0.4, -0.2) is 23.2 Å². The van der Waals surface area contributed by atoms with Crippen LogP contribution in [0.25, 0.3) is 0 Å². The smallest absolute Gasteiger partial charge is 0.213 e. The first-order valence-electron chi connectivity index (χ1n) is 6.81. The van der Waals surface area contributed by atoms with Gasteiger partial charge in [-0.1, -0.05) is 36.4 Å². The van der Waals surface area contributed by atoms with E-state index >= 15 is 0 Å². The van der Waals surface area contributed by atoms with Crippen molar-refractivity contribution in [3.05, 3.63) is 59.8 Å². The highest BCUT2D eigenvalue weighted by Crippen LogP contribution is 2.17. The lowest BCUT2D eigenvalue weighted by atomic mass is 10.1. The molecule has 0 spiro atoms. The number of ether oxygens (including phenoxy) is 1. The number of pyridine rings is 1. The van der Waals surface area contributed by atoms with Crippen molar-refractivity contribution in [1.82, 2.24) is 4.98 Å². The van der Waals surface area contributed by atoms with Gasteiger partial charge in [-0.2, -0.15) is 0 Å². The van der Waals surface area contributed by atoms with Gasteiger partial charge in [0.05, 0.1) is 18.4 Å². The fourth-order valence-corrected chi connectivity index (χ4v) is 1.92. The summed E-state index contributed by atoms with van der Waals surface area (Å²) in [7, 11) is 0. The summed E-state index contributed by atoms with van der Waals surface area (Å²) in [4.78, 5) is 4.29. The van der Waals surface area contributed by atoms with Gasteiger partial charge in [0.2, 0.25) is 5.88 Å². The fourth-order valence-electron chi connectivity index (χ4n) is 1.92. The predicted octanol–water partition coefficient (Wildman–Crippen LogP) is 2.09. The largest absolute Gasteiger partial charge is 0.477 e. The Morgan fingerprint density at radius 1 is 1.10 bits per heavy atom. The minimum Gasteiger partial charge on any atom is -0.477 e. The second-order valence-electron chi connectivity index (χ2n) is 4.58. The van der Waals surface area contributed by atoms with Crippen molar-refractivity contribution in [2.75, 3.05) is 13.2 Å². The number of rotatable bonds is 7. The number of benzene rings is 1. The summed E-state index contributed by atoms with van der Waals surface area (Å²) in [5, 5.41) is 9.85. The number of hydrogen-bond donors (Lipinski definition) is 2. The van der Waals surface area contributed by atoms with E-state index in [2.05, 4.69) is 17.1 Å². The van der Waals surface area contributed by atoms with Crippen LogP contribution in [0.15, 0.2) is 48.5 Å². The Morgan fingerprint density at radius 3 is 2.65 bits per heavy atom. The molecule has 0 unspecified atom stereocenters.